The molecule has 1 aliphatic heterocycles. The van der Waals surface area contributed by atoms with Crippen molar-refractivity contribution in [2.45, 2.75) is 48.1 Å². The molecule has 1 aliphatic carbocycles. The topological polar surface area (TPSA) is 99.3 Å². The van der Waals surface area contributed by atoms with Crippen molar-refractivity contribution >= 4 is 20.2 Å². The minimum Gasteiger partial charge on any atom is -0.364 e. The van der Waals surface area contributed by atoms with Crippen LogP contribution in [0.5, 0.6) is 0 Å². The summed E-state index contributed by atoms with van der Waals surface area (Å²) in [6.07, 6.45) is -2.94. The van der Waals surface area contributed by atoms with Crippen LogP contribution < -0.4 is 0 Å². The highest BCUT2D eigenvalue weighted by atomic mass is 32.2. The van der Waals surface area contributed by atoms with Gasteiger partial charge in [-0.05, 0) is 38.1 Å². The third-order valence-electron chi connectivity index (χ3n) is 4.63. The van der Waals surface area contributed by atoms with Gasteiger partial charge in [0, 0.05) is 0 Å². The van der Waals surface area contributed by atoms with Crippen molar-refractivity contribution < 1.29 is 29.9 Å². The van der Waals surface area contributed by atoms with E-state index in [1.165, 1.54) is 24.3 Å². The van der Waals surface area contributed by atoms with Gasteiger partial charge < -0.3 is 4.74 Å². The van der Waals surface area contributed by atoms with Crippen LogP contribution in [0.4, 0.5) is 0 Å². The molecule has 0 aromatic heterocycles. The molecule has 4 rings (SSSR count). The zero-order valence-corrected chi connectivity index (χ0v) is 16.2. The molecule has 9 heteroatoms. The number of rotatable bonds is 6. The van der Waals surface area contributed by atoms with Crippen LogP contribution >= 0.6 is 0 Å². The van der Waals surface area contributed by atoms with Crippen molar-refractivity contribution in [3.8, 4) is 0 Å². The third kappa shape index (κ3) is 3.53. The summed E-state index contributed by atoms with van der Waals surface area (Å²) in [4.78, 5) is -0.00492. The van der Waals surface area contributed by atoms with Crippen molar-refractivity contribution in [1.82, 2.24) is 0 Å². The SMILES string of the molecule is Cc1ccc(S(=O)(=O)O[C@@H]2[C@H]3O[C@H]3[C@@H]2OS(=O)(=O)c2ccc(C)cc2)cc1. The molecule has 0 spiro atoms. The van der Waals surface area contributed by atoms with Gasteiger partial charge in [-0.3, -0.25) is 8.37 Å². The first kappa shape index (κ1) is 18.6. The molecular weight excluding hydrogens is 392 g/mol. The predicted octanol–water partition coefficient (Wildman–Crippen LogP) is 1.93. The first-order chi connectivity index (χ1) is 12.7. The second kappa shape index (κ2) is 6.39. The van der Waals surface area contributed by atoms with Crippen molar-refractivity contribution in [2.75, 3.05) is 0 Å². The van der Waals surface area contributed by atoms with E-state index in [0.29, 0.717) is 0 Å². The largest absolute Gasteiger partial charge is 0.364 e. The lowest BCUT2D eigenvalue weighted by atomic mass is 9.93. The number of aryl methyl sites for hydroxylation is 2. The summed E-state index contributed by atoms with van der Waals surface area (Å²) >= 11 is 0. The Morgan fingerprint density at radius 2 is 1.00 bits per heavy atom. The minimum atomic E-state index is -4.06. The molecule has 0 radical (unpaired) electrons. The molecule has 1 saturated carbocycles. The number of ether oxygens (including phenoxy) is 1. The summed E-state index contributed by atoms with van der Waals surface area (Å²) in [5.74, 6) is 0. The Labute approximate surface area is 158 Å². The van der Waals surface area contributed by atoms with E-state index in [9.17, 15) is 16.8 Å². The summed E-state index contributed by atoms with van der Waals surface area (Å²) in [7, 11) is -8.11. The van der Waals surface area contributed by atoms with E-state index in [2.05, 4.69) is 0 Å². The summed E-state index contributed by atoms with van der Waals surface area (Å²) in [6, 6.07) is 12.4. The maximum Gasteiger partial charge on any atom is 0.297 e. The molecule has 4 atom stereocenters. The molecule has 0 unspecified atom stereocenters. The average molecular weight is 410 g/mol. The molecule has 0 bridgehead atoms. The van der Waals surface area contributed by atoms with Crippen LogP contribution in [0, 0.1) is 13.8 Å². The quantitative estimate of drug-likeness (QED) is 0.530. The zero-order chi connectivity index (χ0) is 19.4. The second-order valence-corrected chi connectivity index (χ2v) is 9.87. The van der Waals surface area contributed by atoms with E-state index >= 15 is 0 Å². The Morgan fingerprint density at radius 3 is 1.33 bits per heavy atom. The molecule has 2 fully saturated rings. The summed E-state index contributed by atoms with van der Waals surface area (Å²) in [5, 5.41) is 0. The Balaban J connectivity index is 1.50. The van der Waals surface area contributed by atoms with Gasteiger partial charge in [0.25, 0.3) is 20.2 Å². The highest BCUT2D eigenvalue weighted by Gasteiger charge is 2.69. The van der Waals surface area contributed by atoms with Crippen molar-refractivity contribution in [3.05, 3.63) is 59.7 Å². The lowest BCUT2D eigenvalue weighted by Gasteiger charge is -2.30. The van der Waals surface area contributed by atoms with Crippen LogP contribution in [0.15, 0.2) is 58.3 Å². The van der Waals surface area contributed by atoms with Gasteiger partial charge in [-0.2, -0.15) is 16.8 Å². The van der Waals surface area contributed by atoms with Crippen molar-refractivity contribution in [3.63, 3.8) is 0 Å². The highest BCUT2D eigenvalue weighted by Crippen LogP contribution is 2.47. The van der Waals surface area contributed by atoms with E-state index in [1.807, 2.05) is 13.8 Å². The van der Waals surface area contributed by atoms with E-state index < -0.39 is 44.7 Å². The van der Waals surface area contributed by atoms with Gasteiger partial charge in [0.15, 0.2) is 0 Å². The molecule has 2 aromatic carbocycles. The van der Waals surface area contributed by atoms with Gasteiger partial charge >= 0.3 is 0 Å². The van der Waals surface area contributed by atoms with Crippen LogP contribution in [0.3, 0.4) is 0 Å². The smallest absolute Gasteiger partial charge is 0.297 e. The predicted molar refractivity (Wildman–Crippen MR) is 95.1 cm³/mol. The molecule has 144 valence electrons. The maximum absolute atomic E-state index is 12.4. The summed E-state index contributed by atoms with van der Waals surface area (Å²) in [6.45, 7) is 3.68. The first-order valence-corrected chi connectivity index (χ1v) is 11.1. The van der Waals surface area contributed by atoms with Gasteiger partial charge in [-0.25, -0.2) is 0 Å². The number of fused-ring (bicyclic) bond motifs is 1. The zero-order valence-electron chi connectivity index (χ0n) is 14.6. The first-order valence-electron chi connectivity index (χ1n) is 8.33. The van der Waals surface area contributed by atoms with Crippen LogP contribution in [-0.2, 0) is 33.3 Å². The van der Waals surface area contributed by atoms with Crippen LogP contribution in [0.2, 0.25) is 0 Å². The van der Waals surface area contributed by atoms with E-state index in [0.717, 1.165) is 11.1 Å². The van der Waals surface area contributed by atoms with E-state index in [4.69, 9.17) is 13.1 Å². The molecule has 0 N–H and O–H groups in total. The number of benzene rings is 2. The fourth-order valence-corrected chi connectivity index (χ4v) is 5.11. The normalized spacial score (nSPS) is 26.9. The van der Waals surface area contributed by atoms with Crippen LogP contribution in [-0.4, -0.2) is 41.3 Å². The number of hydrogen-bond donors (Lipinski definition) is 0. The lowest BCUT2D eigenvalue weighted by molar-refractivity contribution is 0.0200. The van der Waals surface area contributed by atoms with E-state index in [1.54, 1.807) is 24.3 Å². The molecule has 27 heavy (non-hydrogen) atoms. The lowest BCUT2D eigenvalue weighted by Crippen LogP contribution is -2.52. The Kier molecular flexibility index (Phi) is 4.39. The van der Waals surface area contributed by atoms with E-state index in [-0.39, 0.29) is 9.79 Å². The molecule has 7 nitrogen and oxygen atoms in total. The molecule has 1 heterocycles. The Bertz CT molecular complexity index is 970. The van der Waals surface area contributed by atoms with Gasteiger partial charge in [-0.1, -0.05) is 35.4 Å². The van der Waals surface area contributed by atoms with Crippen LogP contribution in [0.25, 0.3) is 0 Å². The monoisotopic (exact) mass is 410 g/mol. The van der Waals surface area contributed by atoms with Crippen LogP contribution in [0.1, 0.15) is 11.1 Å². The molecule has 2 aliphatic rings. The van der Waals surface area contributed by atoms with Gasteiger partial charge in [-0.15, -0.1) is 0 Å². The number of epoxide rings is 1. The second-order valence-electron chi connectivity index (χ2n) is 6.72. The average Bonchev–Trinajstić information content (AvgIpc) is 3.34. The van der Waals surface area contributed by atoms with Crippen molar-refractivity contribution in [2.24, 2.45) is 0 Å². The van der Waals surface area contributed by atoms with Gasteiger partial charge in [0.2, 0.25) is 0 Å². The van der Waals surface area contributed by atoms with Gasteiger partial charge in [0.1, 0.15) is 24.4 Å². The molecule has 2 aromatic rings. The summed E-state index contributed by atoms with van der Waals surface area (Å²) in [5.41, 5.74) is 1.82. The Hall–Kier alpha value is -1.78. The molecule has 0 amide bonds. The minimum absolute atomic E-state index is 0.00246. The van der Waals surface area contributed by atoms with Crippen molar-refractivity contribution in [1.29, 1.82) is 0 Å². The third-order valence-corrected chi connectivity index (χ3v) is 7.28. The molecular formula is C18H18O7S2. The van der Waals surface area contributed by atoms with Gasteiger partial charge in [0.05, 0.1) is 9.79 Å². The fraction of sp³-hybridized carbons (Fsp3) is 0.333. The Morgan fingerprint density at radius 1 is 0.667 bits per heavy atom. The highest BCUT2D eigenvalue weighted by molar-refractivity contribution is 7.87. The molecule has 1 saturated heterocycles. The summed E-state index contributed by atoms with van der Waals surface area (Å²) < 4.78 is 65.5. The standard InChI is InChI=1S/C18H18O7S2/c1-11-3-7-13(8-4-11)26(19,20)24-17-15-16(23-15)18(17)25-27(21,22)14-9-5-12(2)6-10-14/h3-10,15-18H,1-2H3/t15-,16+,17+,18-. The maximum atomic E-state index is 12.4. The number of hydrogen-bond acceptors (Lipinski definition) is 7. The fourth-order valence-electron chi connectivity index (χ4n) is 2.93.